The predicted molar refractivity (Wildman–Crippen MR) is 77.2 cm³/mol. The molecule has 0 bridgehead atoms. The molecule has 0 aliphatic carbocycles. The molecular weight excluding hydrogens is 346 g/mol. The molecule has 1 aliphatic heterocycles. The van der Waals surface area contributed by atoms with Crippen molar-refractivity contribution < 1.29 is 19.6 Å². The molecule has 9 heteroatoms. The first-order chi connectivity index (χ1) is 9.94. The Morgan fingerprint density at radius 1 is 1.57 bits per heavy atom. The van der Waals surface area contributed by atoms with Crippen LogP contribution in [-0.2, 0) is 9.53 Å². The molecule has 1 fully saturated rings. The Morgan fingerprint density at radius 2 is 2.24 bits per heavy atom. The van der Waals surface area contributed by atoms with E-state index >= 15 is 0 Å². The summed E-state index contributed by atoms with van der Waals surface area (Å²) < 4.78 is 5.67. The second kappa shape index (κ2) is 6.35. The fraction of sp³-hybridized carbons (Fsp3) is 0.500. The maximum absolute atomic E-state index is 11.5. The average molecular weight is 360 g/mol. The zero-order valence-electron chi connectivity index (χ0n) is 11.0. The highest BCUT2D eigenvalue weighted by Gasteiger charge is 2.40. The lowest BCUT2D eigenvalue weighted by molar-refractivity contribution is -0.384. The first-order valence-corrected chi connectivity index (χ1v) is 7.09. The van der Waals surface area contributed by atoms with Crippen molar-refractivity contribution in [2.75, 3.05) is 25.1 Å². The Morgan fingerprint density at radius 3 is 2.81 bits per heavy atom. The summed E-state index contributed by atoms with van der Waals surface area (Å²) >= 11 is 3.12. The van der Waals surface area contributed by atoms with Crippen molar-refractivity contribution in [3.63, 3.8) is 0 Å². The summed E-state index contributed by atoms with van der Waals surface area (Å²) in [5.74, 6) is -0.867. The van der Waals surface area contributed by atoms with Gasteiger partial charge in [0.2, 0.25) is 5.82 Å². The fourth-order valence-corrected chi connectivity index (χ4v) is 2.50. The number of carboxylic acids is 1. The SMILES string of the molecule is O=C(O)C1(CNc2ncc(Br)cc2[N+](=O)[O-])CCOCC1. The molecule has 1 aromatic rings. The maximum Gasteiger partial charge on any atom is 0.312 e. The van der Waals surface area contributed by atoms with E-state index in [0.29, 0.717) is 30.5 Å². The van der Waals surface area contributed by atoms with Crippen molar-refractivity contribution in [2.24, 2.45) is 5.41 Å². The Labute approximate surface area is 128 Å². The molecular formula is C12H14BrN3O5. The molecule has 1 aromatic heterocycles. The van der Waals surface area contributed by atoms with E-state index in [1.54, 1.807) is 0 Å². The summed E-state index contributed by atoms with van der Waals surface area (Å²) in [5, 5.41) is 23.2. The van der Waals surface area contributed by atoms with E-state index in [9.17, 15) is 20.0 Å². The highest BCUT2D eigenvalue weighted by atomic mass is 79.9. The van der Waals surface area contributed by atoms with Crippen LogP contribution in [0.3, 0.4) is 0 Å². The number of anilines is 1. The zero-order valence-corrected chi connectivity index (χ0v) is 12.6. The van der Waals surface area contributed by atoms with Crippen molar-refractivity contribution in [1.82, 2.24) is 4.98 Å². The van der Waals surface area contributed by atoms with Gasteiger partial charge >= 0.3 is 11.7 Å². The minimum Gasteiger partial charge on any atom is -0.481 e. The lowest BCUT2D eigenvalue weighted by Crippen LogP contribution is -2.42. The smallest absolute Gasteiger partial charge is 0.312 e. The molecule has 2 heterocycles. The minimum absolute atomic E-state index is 0.0651. The predicted octanol–water partition coefficient (Wildman–Crippen LogP) is 2.05. The number of halogens is 1. The minimum atomic E-state index is -0.985. The van der Waals surface area contributed by atoms with Crippen LogP contribution in [0, 0.1) is 15.5 Å². The zero-order chi connectivity index (χ0) is 15.5. The van der Waals surface area contributed by atoms with Crippen LogP contribution in [0.4, 0.5) is 11.5 Å². The van der Waals surface area contributed by atoms with Crippen LogP contribution in [-0.4, -0.2) is 40.7 Å². The van der Waals surface area contributed by atoms with Gasteiger partial charge in [-0.05, 0) is 28.8 Å². The van der Waals surface area contributed by atoms with Crippen molar-refractivity contribution in [3.8, 4) is 0 Å². The number of aliphatic carboxylic acids is 1. The van der Waals surface area contributed by atoms with E-state index < -0.39 is 16.3 Å². The monoisotopic (exact) mass is 359 g/mol. The number of aromatic nitrogens is 1. The Kier molecular flexibility index (Phi) is 4.73. The maximum atomic E-state index is 11.5. The van der Waals surface area contributed by atoms with Gasteiger partial charge in [-0.1, -0.05) is 0 Å². The summed E-state index contributed by atoms with van der Waals surface area (Å²) in [5.41, 5.74) is -1.18. The van der Waals surface area contributed by atoms with Gasteiger partial charge < -0.3 is 15.2 Å². The van der Waals surface area contributed by atoms with Gasteiger partial charge in [-0.3, -0.25) is 14.9 Å². The van der Waals surface area contributed by atoms with Crippen molar-refractivity contribution in [2.45, 2.75) is 12.8 Å². The average Bonchev–Trinajstić information content (AvgIpc) is 2.46. The number of carbonyl (C=O) groups is 1. The molecule has 2 N–H and O–H groups in total. The number of nitrogens with zero attached hydrogens (tertiary/aromatic N) is 2. The number of pyridine rings is 1. The highest BCUT2D eigenvalue weighted by Crippen LogP contribution is 2.33. The van der Waals surface area contributed by atoms with Crippen LogP contribution in [0.5, 0.6) is 0 Å². The van der Waals surface area contributed by atoms with E-state index in [2.05, 4.69) is 26.2 Å². The van der Waals surface area contributed by atoms with Crippen LogP contribution in [0.25, 0.3) is 0 Å². The lowest BCUT2D eigenvalue weighted by atomic mass is 9.80. The molecule has 21 heavy (non-hydrogen) atoms. The third kappa shape index (κ3) is 3.48. The third-order valence-electron chi connectivity index (χ3n) is 3.53. The Hall–Kier alpha value is -1.74. The van der Waals surface area contributed by atoms with Gasteiger partial charge in [-0.2, -0.15) is 0 Å². The largest absolute Gasteiger partial charge is 0.481 e. The van der Waals surface area contributed by atoms with Gasteiger partial charge in [-0.25, -0.2) is 4.98 Å². The molecule has 0 atom stereocenters. The van der Waals surface area contributed by atoms with Crippen LogP contribution in [0.2, 0.25) is 0 Å². The van der Waals surface area contributed by atoms with E-state index in [1.165, 1.54) is 12.3 Å². The van der Waals surface area contributed by atoms with Crippen molar-refractivity contribution in [3.05, 3.63) is 26.9 Å². The molecule has 2 rings (SSSR count). The van der Waals surface area contributed by atoms with Crippen LogP contribution in [0.15, 0.2) is 16.7 Å². The summed E-state index contributed by atoms with van der Waals surface area (Å²) in [6.45, 7) is 0.800. The van der Waals surface area contributed by atoms with Crippen LogP contribution in [0.1, 0.15) is 12.8 Å². The molecule has 0 unspecified atom stereocenters. The number of hydrogen-bond acceptors (Lipinski definition) is 6. The summed E-state index contributed by atoms with van der Waals surface area (Å²) in [4.78, 5) is 25.9. The molecule has 8 nitrogen and oxygen atoms in total. The first kappa shape index (κ1) is 15.6. The van der Waals surface area contributed by atoms with Gasteiger partial charge in [0.05, 0.1) is 10.3 Å². The number of hydrogen-bond donors (Lipinski definition) is 2. The molecule has 0 radical (unpaired) electrons. The standard InChI is InChI=1S/C12H14BrN3O5/c13-8-5-9(16(19)20)10(14-6-8)15-7-12(11(17)18)1-3-21-4-2-12/h5-6H,1-4,7H2,(H,14,15)(H,17,18). The molecule has 0 aromatic carbocycles. The van der Waals surface area contributed by atoms with E-state index in [0.717, 1.165) is 0 Å². The van der Waals surface area contributed by atoms with Crippen LogP contribution >= 0.6 is 15.9 Å². The van der Waals surface area contributed by atoms with Crippen molar-refractivity contribution in [1.29, 1.82) is 0 Å². The van der Waals surface area contributed by atoms with Crippen molar-refractivity contribution >= 4 is 33.4 Å². The van der Waals surface area contributed by atoms with E-state index in [-0.39, 0.29) is 18.1 Å². The summed E-state index contributed by atoms with van der Waals surface area (Å²) in [6.07, 6.45) is 2.14. The van der Waals surface area contributed by atoms with Crippen LogP contribution < -0.4 is 5.32 Å². The molecule has 114 valence electrons. The summed E-state index contributed by atoms with van der Waals surface area (Å²) in [7, 11) is 0. The second-order valence-corrected chi connectivity index (χ2v) is 5.75. The number of nitrogens with one attached hydrogen (secondary N) is 1. The Balaban J connectivity index is 2.18. The lowest BCUT2D eigenvalue weighted by Gasteiger charge is -2.33. The molecule has 0 amide bonds. The number of ether oxygens (including phenoxy) is 1. The third-order valence-corrected chi connectivity index (χ3v) is 3.96. The van der Waals surface area contributed by atoms with E-state index in [1.807, 2.05) is 0 Å². The number of carboxylic acid groups (broad SMARTS) is 1. The van der Waals surface area contributed by atoms with Gasteiger partial charge in [0.15, 0.2) is 0 Å². The number of nitro groups is 1. The fourth-order valence-electron chi connectivity index (χ4n) is 2.19. The van der Waals surface area contributed by atoms with E-state index in [4.69, 9.17) is 4.74 Å². The number of rotatable bonds is 5. The normalized spacial score (nSPS) is 17.2. The highest BCUT2D eigenvalue weighted by molar-refractivity contribution is 9.10. The molecule has 0 spiro atoms. The quantitative estimate of drug-likeness (QED) is 0.610. The second-order valence-electron chi connectivity index (χ2n) is 4.83. The first-order valence-electron chi connectivity index (χ1n) is 6.29. The van der Waals surface area contributed by atoms with Gasteiger partial charge in [0, 0.05) is 36.5 Å². The molecule has 1 saturated heterocycles. The van der Waals surface area contributed by atoms with Gasteiger partial charge in [0.1, 0.15) is 0 Å². The summed E-state index contributed by atoms with van der Waals surface area (Å²) in [6, 6.07) is 1.33. The Bertz CT molecular complexity index is 560. The van der Waals surface area contributed by atoms with Gasteiger partial charge in [0.25, 0.3) is 0 Å². The molecule has 0 saturated carbocycles. The van der Waals surface area contributed by atoms with Gasteiger partial charge in [-0.15, -0.1) is 0 Å². The topological polar surface area (TPSA) is 115 Å². The molecule has 1 aliphatic rings.